The molecule has 0 fully saturated rings. The minimum atomic E-state index is -0.737. The Bertz CT molecular complexity index is 219. The third-order valence-electron chi connectivity index (χ3n) is 3.33. The predicted octanol–water partition coefficient (Wildman–Crippen LogP) is 4.72. The van der Waals surface area contributed by atoms with E-state index in [4.69, 9.17) is 14.9 Å². The largest absolute Gasteiger partial charge is 0.481 e. The summed E-state index contributed by atoms with van der Waals surface area (Å²) in [5.74, 6) is -0.737. The van der Waals surface area contributed by atoms with E-state index >= 15 is 0 Å². The number of aliphatic carboxylic acids is 1. The number of rotatable bonds is 15. The maximum Gasteiger partial charge on any atom is 0.303 e. The molecule has 0 aliphatic heterocycles. The monoisotopic (exact) mass is 288 g/mol. The highest BCUT2D eigenvalue weighted by Crippen LogP contribution is 2.15. The Labute approximate surface area is 123 Å². The minimum absolute atomic E-state index is 0.0489. The summed E-state index contributed by atoms with van der Waals surface area (Å²) in [6.45, 7) is 4.95. The Morgan fingerprint density at radius 2 is 1.60 bits per heavy atom. The van der Waals surface area contributed by atoms with Crippen molar-refractivity contribution in [2.45, 2.75) is 90.6 Å². The van der Waals surface area contributed by atoms with Crippen molar-refractivity contribution in [2.75, 3.05) is 6.61 Å². The molecule has 1 atom stereocenters. The zero-order valence-corrected chi connectivity index (χ0v) is 13.2. The summed E-state index contributed by atoms with van der Waals surface area (Å²) in [4.78, 5) is 21.2. The van der Waals surface area contributed by atoms with Gasteiger partial charge in [0.15, 0.2) is 0 Å². The summed E-state index contributed by atoms with van der Waals surface area (Å²) >= 11 is 0. The maximum absolute atomic E-state index is 10.5. The first-order chi connectivity index (χ1) is 9.70. The standard InChI is InChI=1S/C16H32O4/c1-3-5-7-8-9-11-15(12-10-13-16(17)18)20-19-14-6-4-2/h15H,3-14H2,1-2H3,(H,17,18). The van der Waals surface area contributed by atoms with Gasteiger partial charge in [-0.3, -0.25) is 4.79 Å². The molecule has 0 saturated carbocycles. The van der Waals surface area contributed by atoms with Gasteiger partial charge < -0.3 is 5.11 Å². The molecule has 0 saturated heterocycles. The lowest BCUT2D eigenvalue weighted by atomic mass is 10.0. The van der Waals surface area contributed by atoms with Crippen molar-refractivity contribution in [1.82, 2.24) is 0 Å². The topological polar surface area (TPSA) is 55.8 Å². The molecule has 0 heterocycles. The van der Waals surface area contributed by atoms with E-state index in [1.807, 2.05) is 0 Å². The summed E-state index contributed by atoms with van der Waals surface area (Å²) in [6, 6.07) is 0. The van der Waals surface area contributed by atoms with Crippen LogP contribution in [0.25, 0.3) is 0 Å². The van der Waals surface area contributed by atoms with Crippen LogP contribution in [0.15, 0.2) is 0 Å². The quantitative estimate of drug-likeness (QED) is 0.269. The fraction of sp³-hybridized carbons (Fsp3) is 0.938. The average Bonchev–Trinajstić information content (AvgIpc) is 2.42. The van der Waals surface area contributed by atoms with Gasteiger partial charge in [-0.1, -0.05) is 52.4 Å². The second-order valence-electron chi connectivity index (χ2n) is 5.38. The van der Waals surface area contributed by atoms with Crippen LogP contribution in [-0.2, 0) is 14.6 Å². The van der Waals surface area contributed by atoms with Crippen LogP contribution < -0.4 is 0 Å². The minimum Gasteiger partial charge on any atom is -0.481 e. The molecule has 120 valence electrons. The highest BCUT2D eigenvalue weighted by molar-refractivity contribution is 5.66. The second-order valence-corrected chi connectivity index (χ2v) is 5.38. The van der Waals surface area contributed by atoms with Crippen LogP contribution in [0.5, 0.6) is 0 Å². The van der Waals surface area contributed by atoms with Gasteiger partial charge >= 0.3 is 5.97 Å². The van der Waals surface area contributed by atoms with Crippen molar-refractivity contribution in [1.29, 1.82) is 0 Å². The van der Waals surface area contributed by atoms with Gasteiger partial charge in [0.2, 0.25) is 0 Å². The lowest BCUT2D eigenvalue weighted by Crippen LogP contribution is -2.15. The van der Waals surface area contributed by atoms with Gasteiger partial charge in [-0.05, 0) is 25.7 Å². The smallest absolute Gasteiger partial charge is 0.303 e. The van der Waals surface area contributed by atoms with Crippen LogP contribution in [0, 0.1) is 0 Å². The molecule has 1 N–H and O–H groups in total. The number of carbonyl (C=O) groups is 1. The van der Waals surface area contributed by atoms with Crippen LogP contribution in [0.4, 0.5) is 0 Å². The summed E-state index contributed by atoms with van der Waals surface area (Å²) in [5.41, 5.74) is 0. The number of unbranched alkanes of at least 4 members (excludes halogenated alkanes) is 5. The van der Waals surface area contributed by atoms with Gasteiger partial charge in [0.05, 0.1) is 12.7 Å². The summed E-state index contributed by atoms with van der Waals surface area (Å²) in [6.07, 6.45) is 10.9. The Hall–Kier alpha value is -0.610. The van der Waals surface area contributed by atoms with Crippen molar-refractivity contribution in [3.05, 3.63) is 0 Å². The zero-order chi connectivity index (χ0) is 15.1. The van der Waals surface area contributed by atoms with E-state index < -0.39 is 5.97 Å². The molecule has 0 aromatic carbocycles. The Balaban J connectivity index is 3.75. The normalized spacial score (nSPS) is 12.5. The molecular weight excluding hydrogens is 256 g/mol. The third kappa shape index (κ3) is 13.8. The first-order valence-electron chi connectivity index (χ1n) is 8.20. The van der Waals surface area contributed by atoms with Crippen molar-refractivity contribution < 1.29 is 19.7 Å². The molecule has 20 heavy (non-hydrogen) atoms. The molecule has 0 aliphatic rings. The fourth-order valence-electron chi connectivity index (χ4n) is 2.04. The molecule has 0 aromatic heterocycles. The van der Waals surface area contributed by atoms with Crippen molar-refractivity contribution in [3.63, 3.8) is 0 Å². The molecule has 0 spiro atoms. The summed E-state index contributed by atoms with van der Waals surface area (Å²) < 4.78 is 0. The Morgan fingerprint density at radius 3 is 2.25 bits per heavy atom. The van der Waals surface area contributed by atoms with E-state index in [2.05, 4.69) is 13.8 Å². The van der Waals surface area contributed by atoms with Gasteiger partial charge in [-0.25, -0.2) is 9.78 Å². The van der Waals surface area contributed by atoms with Crippen molar-refractivity contribution in [2.24, 2.45) is 0 Å². The number of hydrogen-bond donors (Lipinski definition) is 1. The molecule has 4 nitrogen and oxygen atoms in total. The van der Waals surface area contributed by atoms with E-state index in [1.54, 1.807) is 0 Å². The van der Waals surface area contributed by atoms with Crippen LogP contribution >= 0.6 is 0 Å². The molecule has 0 amide bonds. The van der Waals surface area contributed by atoms with Crippen molar-refractivity contribution >= 4 is 5.97 Å². The molecule has 0 radical (unpaired) electrons. The van der Waals surface area contributed by atoms with Crippen molar-refractivity contribution in [3.8, 4) is 0 Å². The number of carboxylic acid groups (broad SMARTS) is 1. The van der Waals surface area contributed by atoms with Gasteiger partial charge in [0.1, 0.15) is 0 Å². The highest BCUT2D eigenvalue weighted by atomic mass is 17.2. The van der Waals surface area contributed by atoms with Crippen LogP contribution in [-0.4, -0.2) is 23.8 Å². The van der Waals surface area contributed by atoms with E-state index in [-0.39, 0.29) is 12.5 Å². The molecule has 0 bridgehead atoms. The fourth-order valence-corrected chi connectivity index (χ4v) is 2.04. The third-order valence-corrected chi connectivity index (χ3v) is 3.33. The van der Waals surface area contributed by atoms with E-state index in [0.717, 1.165) is 32.1 Å². The maximum atomic E-state index is 10.5. The summed E-state index contributed by atoms with van der Waals surface area (Å²) in [5, 5.41) is 8.67. The molecule has 1 unspecified atom stereocenters. The predicted molar refractivity (Wildman–Crippen MR) is 80.6 cm³/mol. The average molecular weight is 288 g/mol. The Kier molecular flexibility index (Phi) is 14.3. The molecular formula is C16H32O4. The SMILES string of the molecule is CCCCCCCC(CCCC(=O)O)OOCCCC. The van der Waals surface area contributed by atoms with E-state index in [9.17, 15) is 4.79 Å². The van der Waals surface area contributed by atoms with E-state index in [0.29, 0.717) is 13.0 Å². The molecule has 0 aromatic rings. The van der Waals surface area contributed by atoms with E-state index in [1.165, 1.54) is 25.7 Å². The van der Waals surface area contributed by atoms with Gasteiger partial charge in [0, 0.05) is 6.42 Å². The second kappa shape index (κ2) is 14.8. The van der Waals surface area contributed by atoms with Gasteiger partial charge in [-0.15, -0.1) is 0 Å². The number of carboxylic acids is 1. The lowest BCUT2D eigenvalue weighted by molar-refractivity contribution is -0.326. The van der Waals surface area contributed by atoms with Crippen LogP contribution in [0.1, 0.15) is 84.5 Å². The van der Waals surface area contributed by atoms with Crippen LogP contribution in [0.3, 0.4) is 0 Å². The molecule has 4 heteroatoms. The lowest BCUT2D eigenvalue weighted by Gasteiger charge is -2.16. The van der Waals surface area contributed by atoms with Gasteiger partial charge in [-0.2, -0.15) is 0 Å². The molecule has 0 aliphatic carbocycles. The Morgan fingerprint density at radius 1 is 0.950 bits per heavy atom. The molecule has 0 rings (SSSR count). The zero-order valence-electron chi connectivity index (χ0n) is 13.2. The summed E-state index contributed by atoms with van der Waals surface area (Å²) in [7, 11) is 0. The highest BCUT2D eigenvalue weighted by Gasteiger charge is 2.11. The first-order valence-corrected chi connectivity index (χ1v) is 8.20. The van der Waals surface area contributed by atoms with Crippen LogP contribution in [0.2, 0.25) is 0 Å². The number of hydrogen-bond acceptors (Lipinski definition) is 3. The first kappa shape index (κ1) is 19.4. The van der Waals surface area contributed by atoms with Gasteiger partial charge in [0.25, 0.3) is 0 Å².